The van der Waals surface area contributed by atoms with Gasteiger partial charge in [0.1, 0.15) is 0 Å². The first kappa shape index (κ1) is 16.4. The fourth-order valence-corrected chi connectivity index (χ4v) is 2.27. The van der Waals surface area contributed by atoms with Gasteiger partial charge in [-0.3, -0.25) is 10.1 Å². The van der Waals surface area contributed by atoms with Crippen LogP contribution in [0.2, 0.25) is 0 Å². The minimum absolute atomic E-state index is 0.0643. The molecule has 5 heteroatoms. The Kier molecular flexibility index (Phi) is 6.75. The molecule has 0 aromatic carbocycles. The van der Waals surface area contributed by atoms with Gasteiger partial charge in [0, 0.05) is 13.1 Å². The molecular formula is C14H29N3O2. The number of amides is 1. The first-order valence-corrected chi connectivity index (χ1v) is 7.20. The van der Waals surface area contributed by atoms with E-state index in [1.54, 1.807) is 0 Å². The lowest BCUT2D eigenvalue weighted by molar-refractivity contribution is -0.130. The third kappa shape index (κ3) is 5.47. The van der Waals surface area contributed by atoms with Gasteiger partial charge in [-0.15, -0.1) is 0 Å². The molecule has 1 saturated heterocycles. The second-order valence-corrected chi connectivity index (χ2v) is 5.98. The van der Waals surface area contributed by atoms with Crippen LogP contribution in [0.1, 0.15) is 27.2 Å². The van der Waals surface area contributed by atoms with E-state index in [0.29, 0.717) is 25.7 Å². The van der Waals surface area contributed by atoms with Crippen molar-refractivity contribution in [3.05, 3.63) is 0 Å². The third-order valence-electron chi connectivity index (χ3n) is 3.33. The van der Waals surface area contributed by atoms with Crippen molar-refractivity contribution in [1.82, 2.24) is 15.1 Å². The highest BCUT2D eigenvalue weighted by Crippen LogP contribution is 2.17. The Morgan fingerprint density at radius 1 is 1.37 bits per heavy atom. The highest BCUT2D eigenvalue weighted by Gasteiger charge is 2.35. The van der Waals surface area contributed by atoms with Crippen molar-refractivity contribution in [2.45, 2.75) is 39.4 Å². The van der Waals surface area contributed by atoms with Gasteiger partial charge in [-0.1, -0.05) is 13.8 Å². The van der Waals surface area contributed by atoms with Crippen molar-refractivity contribution in [3.63, 3.8) is 0 Å². The quantitative estimate of drug-likeness (QED) is 0.662. The number of carbonyl (C=O) groups excluding carboxylic acids is 1. The predicted octanol–water partition coefficient (Wildman–Crippen LogP) is 0.757. The van der Waals surface area contributed by atoms with Crippen molar-refractivity contribution in [1.29, 1.82) is 0 Å². The SMILES string of the molecule is CC(C)CC1NC(C)C(=O)N1CCOCCN(C)C. The van der Waals surface area contributed by atoms with Crippen LogP contribution in [-0.4, -0.2) is 68.3 Å². The fourth-order valence-electron chi connectivity index (χ4n) is 2.27. The number of nitrogens with one attached hydrogen (secondary N) is 1. The first-order valence-electron chi connectivity index (χ1n) is 7.20. The van der Waals surface area contributed by atoms with Crippen LogP contribution in [0.25, 0.3) is 0 Å². The molecule has 0 aliphatic carbocycles. The van der Waals surface area contributed by atoms with E-state index >= 15 is 0 Å². The van der Waals surface area contributed by atoms with Gasteiger partial charge in [-0.25, -0.2) is 0 Å². The van der Waals surface area contributed by atoms with Crippen LogP contribution >= 0.6 is 0 Å². The summed E-state index contributed by atoms with van der Waals surface area (Å²) in [6.45, 7) is 9.22. The van der Waals surface area contributed by atoms with Crippen LogP contribution in [0.4, 0.5) is 0 Å². The molecule has 1 aliphatic heterocycles. The zero-order valence-electron chi connectivity index (χ0n) is 13.0. The molecule has 0 bridgehead atoms. The summed E-state index contributed by atoms with van der Waals surface area (Å²) in [5.41, 5.74) is 0. The number of likely N-dealkylation sites (N-methyl/N-ethyl adjacent to an activating group) is 1. The normalized spacial score (nSPS) is 23.9. The maximum atomic E-state index is 12.1. The molecule has 2 atom stereocenters. The summed E-state index contributed by atoms with van der Waals surface area (Å²) in [4.78, 5) is 16.1. The lowest BCUT2D eigenvalue weighted by atomic mass is 10.1. The molecule has 0 saturated carbocycles. The molecule has 5 nitrogen and oxygen atoms in total. The Labute approximate surface area is 117 Å². The second kappa shape index (κ2) is 7.82. The standard InChI is InChI=1S/C14H29N3O2/c1-11(2)10-13-15-12(3)14(18)17(13)7-9-19-8-6-16(4)5/h11-13,15H,6-10H2,1-5H3. The lowest BCUT2D eigenvalue weighted by Gasteiger charge is -2.25. The van der Waals surface area contributed by atoms with Crippen molar-refractivity contribution in [3.8, 4) is 0 Å². The molecule has 1 fully saturated rings. The number of ether oxygens (including phenoxy) is 1. The molecule has 1 rings (SSSR count). The van der Waals surface area contributed by atoms with E-state index < -0.39 is 0 Å². The summed E-state index contributed by atoms with van der Waals surface area (Å²) in [7, 11) is 4.05. The molecule has 1 amide bonds. The monoisotopic (exact) mass is 271 g/mol. The van der Waals surface area contributed by atoms with Gasteiger partial charge in [0.25, 0.3) is 0 Å². The Morgan fingerprint density at radius 3 is 2.63 bits per heavy atom. The zero-order valence-corrected chi connectivity index (χ0v) is 13.0. The van der Waals surface area contributed by atoms with Crippen molar-refractivity contribution in [2.24, 2.45) is 5.92 Å². The Hall–Kier alpha value is -0.650. The van der Waals surface area contributed by atoms with E-state index in [0.717, 1.165) is 13.0 Å². The van der Waals surface area contributed by atoms with Gasteiger partial charge >= 0.3 is 0 Å². The Morgan fingerprint density at radius 2 is 2.05 bits per heavy atom. The minimum Gasteiger partial charge on any atom is -0.378 e. The molecule has 0 radical (unpaired) electrons. The van der Waals surface area contributed by atoms with E-state index in [-0.39, 0.29) is 18.1 Å². The number of carbonyl (C=O) groups is 1. The topological polar surface area (TPSA) is 44.8 Å². The summed E-state index contributed by atoms with van der Waals surface area (Å²) < 4.78 is 5.58. The molecule has 1 aliphatic rings. The van der Waals surface area contributed by atoms with Gasteiger partial charge in [-0.2, -0.15) is 0 Å². The van der Waals surface area contributed by atoms with Crippen LogP contribution < -0.4 is 5.32 Å². The summed E-state index contributed by atoms with van der Waals surface area (Å²) in [6.07, 6.45) is 1.16. The lowest BCUT2D eigenvalue weighted by Crippen LogP contribution is -2.40. The highest BCUT2D eigenvalue weighted by atomic mass is 16.5. The van der Waals surface area contributed by atoms with Crippen LogP contribution in [0.5, 0.6) is 0 Å². The summed E-state index contributed by atoms with van der Waals surface area (Å²) in [6, 6.07) is -0.0643. The maximum Gasteiger partial charge on any atom is 0.240 e. The number of hydrogen-bond donors (Lipinski definition) is 1. The van der Waals surface area contributed by atoms with E-state index in [9.17, 15) is 4.79 Å². The van der Waals surface area contributed by atoms with Crippen LogP contribution in [-0.2, 0) is 9.53 Å². The smallest absolute Gasteiger partial charge is 0.240 e. The Balaban J connectivity index is 2.33. The van der Waals surface area contributed by atoms with Crippen molar-refractivity contribution < 1.29 is 9.53 Å². The average molecular weight is 271 g/mol. The van der Waals surface area contributed by atoms with Gasteiger partial charge in [-0.05, 0) is 33.4 Å². The Bertz CT molecular complexity index is 282. The summed E-state index contributed by atoms with van der Waals surface area (Å²) in [5, 5.41) is 3.36. The molecule has 0 spiro atoms. The van der Waals surface area contributed by atoms with Crippen molar-refractivity contribution >= 4 is 5.91 Å². The second-order valence-electron chi connectivity index (χ2n) is 5.98. The first-order chi connectivity index (χ1) is 8.91. The minimum atomic E-state index is -0.0643. The summed E-state index contributed by atoms with van der Waals surface area (Å²) >= 11 is 0. The van der Waals surface area contributed by atoms with Gasteiger partial charge < -0.3 is 14.5 Å². The van der Waals surface area contributed by atoms with E-state index in [1.807, 2.05) is 25.9 Å². The molecular weight excluding hydrogens is 242 g/mol. The number of nitrogens with zero attached hydrogens (tertiary/aromatic N) is 2. The molecule has 112 valence electrons. The molecule has 19 heavy (non-hydrogen) atoms. The molecule has 0 aromatic rings. The van der Waals surface area contributed by atoms with Gasteiger partial charge in [0.15, 0.2) is 0 Å². The molecule has 1 N–H and O–H groups in total. The molecule has 2 unspecified atom stereocenters. The number of hydrogen-bond acceptors (Lipinski definition) is 4. The fraction of sp³-hybridized carbons (Fsp3) is 0.929. The van der Waals surface area contributed by atoms with Crippen LogP contribution in [0.15, 0.2) is 0 Å². The van der Waals surface area contributed by atoms with Crippen LogP contribution in [0, 0.1) is 5.92 Å². The maximum absolute atomic E-state index is 12.1. The summed E-state index contributed by atoms with van der Waals surface area (Å²) in [5.74, 6) is 0.773. The predicted molar refractivity (Wildman–Crippen MR) is 76.9 cm³/mol. The third-order valence-corrected chi connectivity index (χ3v) is 3.33. The molecule has 0 aromatic heterocycles. The van der Waals surface area contributed by atoms with E-state index in [4.69, 9.17) is 4.74 Å². The van der Waals surface area contributed by atoms with Gasteiger partial charge in [0.2, 0.25) is 5.91 Å². The van der Waals surface area contributed by atoms with Gasteiger partial charge in [0.05, 0.1) is 25.4 Å². The average Bonchev–Trinajstić information content (AvgIpc) is 2.54. The van der Waals surface area contributed by atoms with E-state index in [2.05, 4.69) is 24.1 Å². The van der Waals surface area contributed by atoms with Crippen molar-refractivity contribution in [2.75, 3.05) is 40.4 Å². The van der Waals surface area contributed by atoms with Crippen LogP contribution in [0.3, 0.4) is 0 Å². The van der Waals surface area contributed by atoms with E-state index in [1.165, 1.54) is 0 Å². The number of rotatable bonds is 8. The highest BCUT2D eigenvalue weighted by molar-refractivity contribution is 5.83. The largest absolute Gasteiger partial charge is 0.378 e. The molecule has 1 heterocycles. The zero-order chi connectivity index (χ0) is 14.4.